The summed E-state index contributed by atoms with van der Waals surface area (Å²) in [5.74, 6) is 0.634. The van der Waals surface area contributed by atoms with Crippen molar-refractivity contribution >= 4 is 6.01 Å². The molecule has 0 aliphatic heterocycles. The molecule has 0 aliphatic carbocycles. The number of nitrogens with zero attached hydrogens (tertiary/aromatic N) is 2. The summed E-state index contributed by atoms with van der Waals surface area (Å²) >= 11 is 0. The van der Waals surface area contributed by atoms with E-state index in [0.29, 0.717) is 18.4 Å². The predicted molar refractivity (Wildman–Crippen MR) is 42.3 cm³/mol. The molecule has 1 rings (SSSR count). The van der Waals surface area contributed by atoms with E-state index >= 15 is 0 Å². The van der Waals surface area contributed by atoms with Gasteiger partial charge in [-0.3, -0.25) is 0 Å². The van der Waals surface area contributed by atoms with Crippen molar-refractivity contribution in [3.8, 4) is 0 Å². The van der Waals surface area contributed by atoms with E-state index in [2.05, 4.69) is 22.0 Å². The molecule has 1 aromatic heterocycles. The second-order valence-corrected chi connectivity index (χ2v) is 2.46. The number of aryl methyl sites for hydroxylation is 1. The summed E-state index contributed by atoms with van der Waals surface area (Å²) in [5.41, 5.74) is 1.03. The van der Waals surface area contributed by atoms with Crippen LogP contribution in [0.5, 0.6) is 0 Å². The molecule has 60 valence electrons. The zero-order valence-corrected chi connectivity index (χ0v) is 6.72. The van der Waals surface area contributed by atoms with E-state index in [1.54, 1.807) is 6.92 Å². The van der Waals surface area contributed by atoms with Crippen LogP contribution in [0.3, 0.4) is 0 Å². The smallest absolute Gasteiger partial charge is 0.321 e. The van der Waals surface area contributed by atoms with Gasteiger partial charge < -0.3 is 9.84 Å². The van der Waals surface area contributed by atoms with E-state index in [9.17, 15) is 0 Å². The van der Waals surface area contributed by atoms with Crippen molar-refractivity contribution in [1.29, 1.82) is 0 Å². The molecule has 0 atom stereocenters. The average molecular weight is 153 g/mol. The molecule has 0 fully saturated rings. The Bertz CT molecular complexity index is 254. The molecule has 0 amide bonds. The van der Waals surface area contributed by atoms with Crippen molar-refractivity contribution in [2.75, 3.05) is 11.9 Å². The van der Waals surface area contributed by atoms with Crippen LogP contribution in [0.15, 0.2) is 16.7 Å². The molecule has 0 aromatic carbocycles. The molecule has 0 spiro atoms. The van der Waals surface area contributed by atoms with Gasteiger partial charge in [-0.25, -0.2) is 0 Å². The molecule has 0 bridgehead atoms. The summed E-state index contributed by atoms with van der Waals surface area (Å²) in [4.78, 5) is 3.95. The minimum atomic E-state index is 0.450. The van der Waals surface area contributed by atoms with Crippen LogP contribution in [0.1, 0.15) is 12.7 Å². The van der Waals surface area contributed by atoms with Crippen molar-refractivity contribution < 1.29 is 4.52 Å². The van der Waals surface area contributed by atoms with Gasteiger partial charge in [0.2, 0.25) is 0 Å². The van der Waals surface area contributed by atoms with Crippen molar-refractivity contribution in [1.82, 2.24) is 10.1 Å². The van der Waals surface area contributed by atoms with Gasteiger partial charge in [0.15, 0.2) is 5.82 Å². The fourth-order valence-electron chi connectivity index (χ4n) is 0.595. The summed E-state index contributed by atoms with van der Waals surface area (Å²) in [6.45, 7) is 8.09. The van der Waals surface area contributed by atoms with E-state index < -0.39 is 0 Å². The Morgan fingerprint density at radius 1 is 1.73 bits per heavy atom. The van der Waals surface area contributed by atoms with E-state index in [-0.39, 0.29) is 0 Å². The highest BCUT2D eigenvalue weighted by Crippen LogP contribution is 2.01. The maximum Gasteiger partial charge on any atom is 0.321 e. The van der Waals surface area contributed by atoms with Crippen LogP contribution in [0.4, 0.5) is 6.01 Å². The molecule has 11 heavy (non-hydrogen) atoms. The molecule has 0 saturated heterocycles. The standard InChI is InChI=1S/C7H11N3O/c1-5(2)4-8-7-9-6(3)10-11-7/h1,4H2,2-3H3,(H,8,9,10). The van der Waals surface area contributed by atoms with Crippen LogP contribution in [-0.2, 0) is 0 Å². The highest BCUT2D eigenvalue weighted by Gasteiger charge is 1.98. The number of anilines is 1. The molecule has 0 unspecified atom stereocenters. The van der Waals surface area contributed by atoms with Gasteiger partial charge in [0, 0.05) is 6.54 Å². The summed E-state index contributed by atoms with van der Waals surface area (Å²) in [6, 6.07) is 0.450. The largest absolute Gasteiger partial charge is 0.334 e. The van der Waals surface area contributed by atoms with Crippen molar-refractivity contribution in [2.24, 2.45) is 0 Å². The molecule has 0 aliphatic rings. The first-order valence-electron chi connectivity index (χ1n) is 3.37. The lowest BCUT2D eigenvalue weighted by Gasteiger charge is -1.96. The molecule has 4 nitrogen and oxygen atoms in total. The van der Waals surface area contributed by atoms with Crippen LogP contribution < -0.4 is 5.32 Å². The second kappa shape index (κ2) is 3.18. The highest BCUT2D eigenvalue weighted by molar-refractivity contribution is 5.21. The maximum absolute atomic E-state index is 4.80. The second-order valence-electron chi connectivity index (χ2n) is 2.46. The van der Waals surface area contributed by atoms with Gasteiger partial charge in [0.25, 0.3) is 0 Å². The normalized spacial score (nSPS) is 9.64. The first kappa shape index (κ1) is 7.78. The lowest BCUT2D eigenvalue weighted by atomic mass is 10.4. The fourth-order valence-corrected chi connectivity index (χ4v) is 0.595. The zero-order valence-electron chi connectivity index (χ0n) is 6.72. The summed E-state index contributed by atoms with van der Waals surface area (Å²) in [5, 5.41) is 6.54. The van der Waals surface area contributed by atoms with Crippen LogP contribution in [0.2, 0.25) is 0 Å². The number of rotatable bonds is 3. The molecular weight excluding hydrogens is 142 g/mol. The molecule has 0 radical (unpaired) electrons. The van der Waals surface area contributed by atoms with E-state index in [1.807, 2.05) is 6.92 Å². The first-order valence-corrected chi connectivity index (χ1v) is 3.37. The highest BCUT2D eigenvalue weighted by atomic mass is 16.5. The molecular formula is C7H11N3O. The summed E-state index contributed by atoms with van der Waals surface area (Å²) < 4.78 is 4.80. The van der Waals surface area contributed by atoms with Crippen molar-refractivity contribution in [3.63, 3.8) is 0 Å². The molecule has 1 N–H and O–H groups in total. The Hall–Kier alpha value is -1.32. The van der Waals surface area contributed by atoms with Crippen LogP contribution in [0, 0.1) is 6.92 Å². The average Bonchev–Trinajstić information content (AvgIpc) is 2.31. The number of hydrogen-bond donors (Lipinski definition) is 1. The molecule has 1 heterocycles. The van der Waals surface area contributed by atoms with Crippen LogP contribution in [-0.4, -0.2) is 16.7 Å². The third-order valence-corrected chi connectivity index (χ3v) is 1.07. The van der Waals surface area contributed by atoms with E-state index in [4.69, 9.17) is 4.52 Å². The van der Waals surface area contributed by atoms with Gasteiger partial charge in [-0.1, -0.05) is 17.3 Å². The Morgan fingerprint density at radius 2 is 2.45 bits per heavy atom. The maximum atomic E-state index is 4.80. The third kappa shape index (κ3) is 2.41. The van der Waals surface area contributed by atoms with Crippen LogP contribution in [0.25, 0.3) is 0 Å². The van der Waals surface area contributed by atoms with Crippen LogP contribution >= 0.6 is 0 Å². The molecule has 4 heteroatoms. The Kier molecular flexibility index (Phi) is 2.25. The van der Waals surface area contributed by atoms with Gasteiger partial charge >= 0.3 is 6.01 Å². The number of nitrogens with one attached hydrogen (secondary N) is 1. The first-order chi connectivity index (χ1) is 5.18. The molecule has 1 aromatic rings. The summed E-state index contributed by atoms with van der Waals surface area (Å²) in [7, 11) is 0. The Balaban J connectivity index is 2.45. The van der Waals surface area contributed by atoms with Gasteiger partial charge in [-0.2, -0.15) is 4.98 Å². The lowest BCUT2D eigenvalue weighted by molar-refractivity contribution is 0.426. The predicted octanol–water partition coefficient (Wildman–Crippen LogP) is 1.37. The van der Waals surface area contributed by atoms with Gasteiger partial charge in [0.1, 0.15) is 0 Å². The number of hydrogen-bond acceptors (Lipinski definition) is 4. The van der Waals surface area contributed by atoms with E-state index in [0.717, 1.165) is 5.57 Å². The topological polar surface area (TPSA) is 51.0 Å². The Morgan fingerprint density at radius 3 is 2.91 bits per heavy atom. The summed E-state index contributed by atoms with van der Waals surface area (Å²) in [6.07, 6.45) is 0. The lowest BCUT2D eigenvalue weighted by Crippen LogP contribution is -2.01. The molecule has 0 saturated carbocycles. The minimum Gasteiger partial charge on any atom is -0.334 e. The van der Waals surface area contributed by atoms with E-state index in [1.165, 1.54) is 0 Å². The third-order valence-electron chi connectivity index (χ3n) is 1.07. The van der Waals surface area contributed by atoms with Gasteiger partial charge in [-0.15, -0.1) is 0 Å². The minimum absolute atomic E-state index is 0.450. The monoisotopic (exact) mass is 153 g/mol. The zero-order chi connectivity index (χ0) is 8.27. The van der Waals surface area contributed by atoms with Crippen molar-refractivity contribution in [2.45, 2.75) is 13.8 Å². The van der Waals surface area contributed by atoms with Gasteiger partial charge in [-0.05, 0) is 13.8 Å². The SMILES string of the molecule is C=C(C)CNc1nc(C)no1. The quantitative estimate of drug-likeness (QED) is 0.666. The van der Waals surface area contributed by atoms with Gasteiger partial charge in [0.05, 0.1) is 0 Å². The Labute approximate surface area is 65.3 Å². The van der Waals surface area contributed by atoms with Crippen molar-refractivity contribution in [3.05, 3.63) is 18.0 Å². The fraction of sp³-hybridized carbons (Fsp3) is 0.429. The number of aromatic nitrogens is 2.